The number of hydrogen-bond donors (Lipinski definition) is 1. The summed E-state index contributed by atoms with van der Waals surface area (Å²) >= 11 is 0. The summed E-state index contributed by atoms with van der Waals surface area (Å²) in [5.74, 6) is 0. The number of ether oxygens (including phenoxy) is 1. The first kappa shape index (κ1) is 14.2. The van der Waals surface area contributed by atoms with Crippen molar-refractivity contribution in [2.75, 3.05) is 20.3 Å². The minimum Gasteiger partial charge on any atom is -0.385 e. The molecule has 0 fully saturated rings. The summed E-state index contributed by atoms with van der Waals surface area (Å²) in [4.78, 5) is 0. The molecule has 17 heavy (non-hydrogen) atoms. The fraction of sp³-hybridized carbons (Fsp3) is 0.600. The Morgan fingerprint density at radius 1 is 1.12 bits per heavy atom. The van der Waals surface area contributed by atoms with Gasteiger partial charge in [0.1, 0.15) is 0 Å². The summed E-state index contributed by atoms with van der Waals surface area (Å²) in [6.07, 6.45) is 4.89. The zero-order valence-corrected chi connectivity index (χ0v) is 11.1. The van der Waals surface area contributed by atoms with E-state index in [1.807, 2.05) is 0 Å². The molecule has 0 spiro atoms. The lowest BCUT2D eigenvalue weighted by Gasteiger charge is -2.18. The van der Waals surface area contributed by atoms with Crippen LogP contribution in [-0.2, 0) is 4.74 Å². The summed E-state index contributed by atoms with van der Waals surface area (Å²) < 4.78 is 5.07. The Morgan fingerprint density at radius 3 is 2.53 bits per heavy atom. The maximum atomic E-state index is 5.07. The third-order valence-corrected chi connectivity index (χ3v) is 2.99. The number of unbranched alkanes of at least 4 members (excludes halogenated alkanes) is 2. The van der Waals surface area contributed by atoms with Gasteiger partial charge in [-0.25, -0.2) is 0 Å². The van der Waals surface area contributed by atoms with Crippen LogP contribution in [0.4, 0.5) is 0 Å². The molecule has 1 N–H and O–H groups in total. The molecule has 1 rings (SSSR count). The lowest BCUT2D eigenvalue weighted by Crippen LogP contribution is -2.20. The van der Waals surface area contributed by atoms with Gasteiger partial charge in [-0.15, -0.1) is 0 Å². The number of rotatable bonds is 9. The molecule has 0 bridgehead atoms. The topological polar surface area (TPSA) is 21.3 Å². The zero-order valence-electron chi connectivity index (χ0n) is 11.1. The number of hydrogen-bond acceptors (Lipinski definition) is 2. The first-order valence-corrected chi connectivity index (χ1v) is 6.65. The smallest absolute Gasteiger partial charge is 0.0462 e. The van der Waals surface area contributed by atoms with Crippen molar-refractivity contribution in [1.82, 2.24) is 5.32 Å². The minimum absolute atomic E-state index is 0.503. The fourth-order valence-electron chi connectivity index (χ4n) is 2.09. The van der Waals surface area contributed by atoms with Crippen molar-refractivity contribution in [2.45, 2.75) is 38.6 Å². The van der Waals surface area contributed by atoms with Crippen molar-refractivity contribution in [3.05, 3.63) is 35.9 Å². The zero-order chi connectivity index (χ0) is 12.3. The second-order valence-corrected chi connectivity index (χ2v) is 4.36. The molecule has 0 radical (unpaired) electrons. The Hall–Kier alpha value is -0.860. The van der Waals surface area contributed by atoms with Gasteiger partial charge in [-0.05, 0) is 24.9 Å². The van der Waals surface area contributed by atoms with Gasteiger partial charge < -0.3 is 10.1 Å². The van der Waals surface area contributed by atoms with Gasteiger partial charge in [-0.2, -0.15) is 0 Å². The summed E-state index contributed by atoms with van der Waals surface area (Å²) in [5.41, 5.74) is 1.40. The van der Waals surface area contributed by atoms with Crippen LogP contribution in [0.15, 0.2) is 30.3 Å². The van der Waals surface area contributed by atoms with Crippen LogP contribution in [-0.4, -0.2) is 20.3 Å². The number of methoxy groups -OCH3 is 1. The first-order valence-electron chi connectivity index (χ1n) is 6.65. The lowest BCUT2D eigenvalue weighted by molar-refractivity contribution is 0.191. The largest absolute Gasteiger partial charge is 0.385 e. The number of benzene rings is 1. The van der Waals surface area contributed by atoms with E-state index in [2.05, 4.69) is 42.6 Å². The maximum Gasteiger partial charge on any atom is 0.0462 e. The highest BCUT2D eigenvalue weighted by Gasteiger charge is 2.08. The molecule has 1 aromatic rings. The van der Waals surface area contributed by atoms with Gasteiger partial charge in [0.25, 0.3) is 0 Å². The highest BCUT2D eigenvalue weighted by atomic mass is 16.5. The third kappa shape index (κ3) is 5.85. The SMILES string of the molecule is CCNC(CCCCCOC)c1ccccc1. The molecule has 1 unspecified atom stereocenters. The van der Waals surface area contributed by atoms with E-state index in [1.54, 1.807) is 7.11 Å². The Bertz CT molecular complexity index is 274. The van der Waals surface area contributed by atoms with E-state index in [9.17, 15) is 0 Å². The molecule has 96 valence electrons. The molecule has 2 heteroatoms. The van der Waals surface area contributed by atoms with E-state index >= 15 is 0 Å². The molecule has 0 aliphatic carbocycles. The number of nitrogens with one attached hydrogen (secondary N) is 1. The molecule has 0 aliphatic rings. The molecule has 0 aromatic heterocycles. The van der Waals surface area contributed by atoms with Crippen molar-refractivity contribution in [1.29, 1.82) is 0 Å². The van der Waals surface area contributed by atoms with E-state index in [-0.39, 0.29) is 0 Å². The molecule has 1 atom stereocenters. The molecule has 2 nitrogen and oxygen atoms in total. The van der Waals surface area contributed by atoms with Crippen LogP contribution in [0.2, 0.25) is 0 Å². The summed E-state index contributed by atoms with van der Waals surface area (Å²) in [5, 5.41) is 3.56. The van der Waals surface area contributed by atoms with E-state index in [1.165, 1.54) is 31.2 Å². The highest BCUT2D eigenvalue weighted by Crippen LogP contribution is 2.19. The summed E-state index contributed by atoms with van der Waals surface area (Å²) in [6.45, 7) is 4.08. The van der Waals surface area contributed by atoms with E-state index in [0.717, 1.165) is 13.2 Å². The Morgan fingerprint density at radius 2 is 1.88 bits per heavy atom. The van der Waals surface area contributed by atoms with Gasteiger partial charge >= 0.3 is 0 Å². The van der Waals surface area contributed by atoms with E-state index in [4.69, 9.17) is 4.74 Å². The van der Waals surface area contributed by atoms with Crippen LogP contribution in [0.5, 0.6) is 0 Å². The molecule has 0 saturated heterocycles. The third-order valence-electron chi connectivity index (χ3n) is 2.99. The first-order chi connectivity index (χ1) is 8.38. The minimum atomic E-state index is 0.503. The normalized spacial score (nSPS) is 12.6. The van der Waals surface area contributed by atoms with Crippen LogP contribution in [0, 0.1) is 0 Å². The van der Waals surface area contributed by atoms with Crippen molar-refractivity contribution in [2.24, 2.45) is 0 Å². The van der Waals surface area contributed by atoms with Gasteiger partial charge in [0, 0.05) is 19.8 Å². The van der Waals surface area contributed by atoms with Gasteiger partial charge in [0.15, 0.2) is 0 Å². The van der Waals surface area contributed by atoms with Crippen LogP contribution in [0.3, 0.4) is 0 Å². The Kier molecular flexibility index (Phi) is 7.69. The maximum absolute atomic E-state index is 5.07. The van der Waals surface area contributed by atoms with Crippen molar-refractivity contribution >= 4 is 0 Å². The highest BCUT2D eigenvalue weighted by molar-refractivity contribution is 5.18. The van der Waals surface area contributed by atoms with Crippen LogP contribution in [0.25, 0.3) is 0 Å². The lowest BCUT2D eigenvalue weighted by atomic mass is 10.0. The Balaban J connectivity index is 2.33. The molecule has 0 amide bonds. The van der Waals surface area contributed by atoms with Crippen LogP contribution < -0.4 is 5.32 Å². The molecular weight excluding hydrogens is 210 g/mol. The molecular formula is C15H25NO. The Labute approximate surface area is 105 Å². The van der Waals surface area contributed by atoms with Gasteiger partial charge in [-0.3, -0.25) is 0 Å². The van der Waals surface area contributed by atoms with E-state index in [0.29, 0.717) is 6.04 Å². The average molecular weight is 235 g/mol. The molecule has 1 aromatic carbocycles. The second-order valence-electron chi connectivity index (χ2n) is 4.36. The van der Waals surface area contributed by atoms with Gasteiger partial charge in [-0.1, -0.05) is 50.1 Å². The average Bonchev–Trinajstić information content (AvgIpc) is 2.38. The summed E-state index contributed by atoms with van der Waals surface area (Å²) in [7, 11) is 1.77. The predicted molar refractivity (Wildman–Crippen MR) is 73.2 cm³/mol. The quantitative estimate of drug-likeness (QED) is 0.661. The van der Waals surface area contributed by atoms with Gasteiger partial charge in [0.05, 0.1) is 0 Å². The standard InChI is InChI=1S/C15H25NO/c1-3-16-15(12-8-5-9-13-17-2)14-10-6-4-7-11-14/h4,6-7,10-11,15-16H,3,5,8-9,12-13H2,1-2H3. The van der Waals surface area contributed by atoms with Crippen molar-refractivity contribution < 1.29 is 4.74 Å². The molecule has 0 aliphatic heterocycles. The van der Waals surface area contributed by atoms with Crippen molar-refractivity contribution in [3.63, 3.8) is 0 Å². The second kappa shape index (κ2) is 9.20. The molecule has 0 heterocycles. The summed E-state index contributed by atoms with van der Waals surface area (Å²) in [6, 6.07) is 11.2. The predicted octanol–water partition coefficient (Wildman–Crippen LogP) is 3.54. The van der Waals surface area contributed by atoms with Crippen molar-refractivity contribution in [3.8, 4) is 0 Å². The van der Waals surface area contributed by atoms with Gasteiger partial charge in [0.2, 0.25) is 0 Å². The van der Waals surface area contributed by atoms with Crippen LogP contribution in [0.1, 0.15) is 44.2 Å². The fourth-order valence-corrected chi connectivity index (χ4v) is 2.09. The van der Waals surface area contributed by atoms with E-state index < -0.39 is 0 Å². The monoisotopic (exact) mass is 235 g/mol. The van der Waals surface area contributed by atoms with Crippen LogP contribution >= 0.6 is 0 Å². The molecule has 0 saturated carbocycles.